The van der Waals surface area contributed by atoms with E-state index in [0.717, 1.165) is 32.0 Å². The smallest absolute Gasteiger partial charge is 0.199 e. The van der Waals surface area contributed by atoms with Crippen LogP contribution in [0.3, 0.4) is 0 Å². The average molecular weight is 222 g/mol. The number of H-pyrrole nitrogens is 1. The Kier molecular flexibility index (Phi) is 2.21. The van der Waals surface area contributed by atoms with Gasteiger partial charge >= 0.3 is 0 Å². The Bertz CT molecular complexity index is 434. The number of aromatic amines is 1. The predicted molar refractivity (Wildman–Crippen MR) is 61.4 cm³/mol. The molecular formula is C10H14N4S. The molecule has 0 amide bonds. The molecule has 0 saturated carbocycles. The minimum Gasteiger partial charge on any atom is -0.356 e. The number of nitrogens with one attached hydrogen (secondary N) is 2. The second-order valence-corrected chi connectivity index (χ2v) is 4.51. The van der Waals surface area contributed by atoms with E-state index in [2.05, 4.69) is 20.2 Å². The molecule has 0 aromatic carbocycles. The molecule has 0 radical (unpaired) electrons. The maximum absolute atomic E-state index is 5.16. The van der Waals surface area contributed by atoms with Gasteiger partial charge in [-0.3, -0.25) is 0 Å². The summed E-state index contributed by atoms with van der Waals surface area (Å²) in [7, 11) is 0. The summed E-state index contributed by atoms with van der Waals surface area (Å²) in [4.78, 5) is 9.99. The first-order chi connectivity index (χ1) is 7.34. The van der Waals surface area contributed by atoms with Gasteiger partial charge in [0.25, 0.3) is 0 Å². The van der Waals surface area contributed by atoms with Gasteiger partial charge in [-0.25, -0.2) is 4.98 Å². The molecule has 2 N–H and O–H groups in total. The van der Waals surface area contributed by atoms with Crippen molar-refractivity contribution in [1.82, 2.24) is 15.3 Å². The fraction of sp³-hybridized carbons (Fsp3) is 0.600. The fourth-order valence-corrected chi connectivity index (χ4v) is 2.58. The highest BCUT2D eigenvalue weighted by Crippen LogP contribution is 2.26. The summed E-state index contributed by atoms with van der Waals surface area (Å²) in [6.07, 6.45) is 2.55. The number of anilines is 1. The lowest BCUT2D eigenvalue weighted by atomic mass is 10.2. The van der Waals surface area contributed by atoms with Gasteiger partial charge in [-0.1, -0.05) is 0 Å². The van der Waals surface area contributed by atoms with Crippen molar-refractivity contribution in [2.45, 2.75) is 25.9 Å². The second-order valence-electron chi connectivity index (χ2n) is 4.12. The predicted octanol–water partition coefficient (Wildman–Crippen LogP) is 1.34. The van der Waals surface area contributed by atoms with Crippen molar-refractivity contribution in [3.8, 4) is 0 Å². The van der Waals surface area contributed by atoms with Gasteiger partial charge in [0, 0.05) is 37.4 Å². The zero-order valence-electron chi connectivity index (χ0n) is 8.55. The lowest BCUT2D eigenvalue weighted by molar-refractivity contribution is 0.756. The van der Waals surface area contributed by atoms with Crippen LogP contribution >= 0.6 is 12.2 Å². The van der Waals surface area contributed by atoms with E-state index in [0.29, 0.717) is 4.77 Å². The van der Waals surface area contributed by atoms with Gasteiger partial charge in [-0.15, -0.1) is 0 Å². The van der Waals surface area contributed by atoms with E-state index in [1.54, 1.807) is 0 Å². The molecule has 2 aliphatic heterocycles. The Morgan fingerprint density at radius 2 is 2.00 bits per heavy atom. The summed E-state index contributed by atoms with van der Waals surface area (Å²) < 4.78 is 0.611. The van der Waals surface area contributed by atoms with Crippen molar-refractivity contribution in [2.75, 3.05) is 18.0 Å². The molecule has 80 valence electrons. The van der Waals surface area contributed by atoms with Crippen LogP contribution in [0.25, 0.3) is 0 Å². The van der Waals surface area contributed by atoms with Crippen molar-refractivity contribution >= 4 is 18.0 Å². The Labute approximate surface area is 93.7 Å². The van der Waals surface area contributed by atoms with Gasteiger partial charge < -0.3 is 15.2 Å². The molecule has 4 nitrogen and oxygen atoms in total. The van der Waals surface area contributed by atoms with E-state index in [-0.39, 0.29) is 0 Å². The third kappa shape index (κ3) is 1.55. The molecule has 0 spiro atoms. The van der Waals surface area contributed by atoms with E-state index in [1.807, 2.05) is 0 Å². The number of hydrogen-bond acceptors (Lipinski definition) is 4. The molecule has 1 fully saturated rings. The monoisotopic (exact) mass is 222 g/mol. The van der Waals surface area contributed by atoms with Gasteiger partial charge in [0.15, 0.2) is 4.77 Å². The lowest BCUT2D eigenvalue weighted by Crippen LogP contribution is -2.21. The molecule has 15 heavy (non-hydrogen) atoms. The fourth-order valence-electron chi connectivity index (χ4n) is 2.37. The quantitative estimate of drug-likeness (QED) is 0.704. The Hall–Kier alpha value is -0.940. The first-order valence-corrected chi connectivity index (χ1v) is 5.83. The third-order valence-corrected chi connectivity index (χ3v) is 3.30. The highest BCUT2D eigenvalue weighted by atomic mass is 32.1. The molecule has 5 heteroatoms. The second kappa shape index (κ2) is 3.57. The highest BCUT2D eigenvalue weighted by Gasteiger charge is 2.22. The summed E-state index contributed by atoms with van der Waals surface area (Å²) in [5.74, 6) is 1.11. The lowest BCUT2D eigenvalue weighted by Gasteiger charge is -2.18. The van der Waals surface area contributed by atoms with Gasteiger partial charge in [0.1, 0.15) is 5.82 Å². The molecular weight excluding hydrogens is 208 g/mol. The van der Waals surface area contributed by atoms with Crippen molar-refractivity contribution in [2.24, 2.45) is 0 Å². The number of hydrogen-bond donors (Lipinski definition) is 2. The minimum absolute atomic E-state index is 0.611. The van der Waals surface area contributed by atoms with Crippen molar-refractivity contribution in [3.05, 3.63) is 16.0 Å². The standard InChI is InChI=1S/C10H14N4S/c15-10-12-8-6-11-5-7(8)9(13-10)14-3-1-2-4-14/h11H,1-6H2,(H,12,13,15). The first-order valence-electron chi connectivity index (χ1n) is 5.42. The number of aromatic nitrogens is 2. The number of fused-ring (bicyclic) bond motifs is 1. The summed E-state index contributed by atoms with van der Waals surface area (Å²) in [5.41, 5.74) is 2.53. The zero-order chi connectivity index (χ0) is 10.3. The molecule has 1 saturated heterocycles. The average Bonchev–Trinajstić information content (AvgIpc) is 2.86. The molecule has 3 rings (SSSR count). The van der Waals surface area contributed by atoms with Crippen LogP contribution in [0, 0.1) is 4.77 Å². The summed E-state index contributed by atoms with van der Waals surface area (Å²) >= 11 is 5.16. The maximum atomic E-state index is 5.16. The van der Waals surface area contributed by atoms with E-state index >= 15 is 0 Å². The first kappa shape index (κ1) is 9.30. The van der Waals surface area contributed by atoms with Gasteiger partial charge in [0.05, 0.1) is 0 Å². The van der Waals surface area contributed by atoms with Crippen LogP contribution in [0.4, 0.5) is 5.82 Å². The molecule has 1 aromatic heterocycles. The minimum atomic E-state index is 0.611. The van der Waals surface area contributed by atoms with E-state index < -0.39 is 0 Å². The van der Waals surface area contributed by atoms with Gasteiger partial charge in [-0.05, 0) is 25.1 Å². The van der Waals surface area contributed by atoms with E-state index in [4.69, 9.17) is 12.2 Å². The molecule has 0 atom stereocenters. The summed E-state index contributed by atoms with van der Waals surface area (Å²) in [6, 6.07) is 0. The Balaban J connectivity index is 2.09. The van der Waals surface area contributed by atoms with E-state index in [1.165, 1.54) is 24.1 Å². The summed E-state index contributed by atoms with van der Waals surface area (Å²) in [5, 5.41) is 3.33. The topological polar surface area (TPSA) is 44.0 Å². The molecule has 0 unspecified atom stereocenters. The third-order valence-electron chi connectivity index (χ3n) is 3.11. The zero-order valence-corrected chi connectivity index (χ0v) is 9.36. The van der Waals surface area contributed by atoms with Crippen LogP contribution in [0.2, 0.25) is 0 Å². The Morgan fingerprint density at radius 3 is 2.80 bits per heavy atom. The van der Waals surface area contributed by atoms with Crippen molar-refractivity contribution in [3.63, 3.8) is 0 Å². The molecule has 2 aliphatic rings. The van der Waals surface area contributed by atoms with Crippen molar-refractivity contribution < 1.29 is 0 Å². The van der Waals surface area contributed by atoms with Crippen LogP contribution in [0.5, 0.6) is 0 Å². The van der Waals surface area contributed by atoms with Crippen LogP contribution in [0.15, 0.2) is 0 Å². The molecule has 3 heterocycles. The SMILES string of the molecule is S=c1nc(N2CCCC2)c2c([nH]1)CNC2. The van der Waals surface area contributed by atoms with Crippen LogP contribution in [0.1, 0.15) is 24.1 Å². The molecule has 0 bridgehead atoms. The maximum Gasteiger partial charge on any atom is 0.199 e. The molecule has 1 aromatic rings. The largest absolute Gasteiger partial charge is 0.356 e. The Morgan fingerprint density at radius 1 is 1.20 bits per heavy atom. The van der Waals surface area contributed by atoms with Crippen LogP contribution in [-0.2, 0) is 13.1 Å². The van der Waals surface area contributed by atoms with E-state index in [9.17, 15) is 0 Å². The number of rotatable bonds is 1. The van der Waals surface area contributed by atoms with Gasteiger partial charge in [-0.2, -0.15) is 0 Å². The normalized spacial score (nSPS) is 19.6. The highest BCUT2D eigenvalue weighted by molar-refractivity contribution is 7.71. The number of nitrogens with zero attached hydrogens (tertiary/aromatic N) is 2. The van der Waals surface area contributed by atoms with Crippen molar-refractivity contribution in [1.29, 1.82) is 0 Å². The van der Waals surface area contributed by atoms with Crippen LogP contribution in [-0.4, -0.2) is 23.1 Å². The molecule has 0 aliphatic carbocycles. The van der Waals surface area contributed by atoms with Crippen LogP contribution < -0.4 is 10.2 Å². The van der Waals surface area contributed by atoms with Gasteiger partial charge in [0.2, 0.25) is 0 Å². The summed E-state index contributed by atoms with van der Waals surface area (Å²) in [6.45, 7) is 4.05.